The van der Waals surface area contributed by atoms with Crippen molar-refractivity contribution in [2.75, 3.05) is 4.90 Å². The smallest absolute Gasteiger partial charge is 0.241 e. The summed E-state index contributed by atoms with van der Waals surface area (Å²) in [5, 5.41) is 0. The van der Waals surface area contributed by atoms with Gasteiger partial charge in [0.25, 0.3) is 0 Å². The third-order valence-electron chi connectivity index (χ3n) is 6.71. The lowest BCUT2D eigenvalue weighted by molar-refractivity contribution is -0.127. The van der Waals surface area contributed by atoms with E-state index in [1.807, 2.05) is 0 Å². The third-order valence-corrected chi connectivity index (χ3v) is 6.71. The van der Waals surface area contributed by atoms with E-state index in [-0.39, 0.29) is 16.8 Å². The first kappa shape index (κ1) is 19.7. The van der Waals surface area contributed by atoms with Crippen molar-refractivity contribution in [3.63, 3.8) is 0 Å². The summed E-state index contributed by atoms with van der Waals surface area (Å²) >= 11 is 0. The van der Waals surface area contributed by atoms with Crippen molar-refractivity contribution >= 4 is 29.1 Å². The van der Waals surface area contributed by atoms with Gasteiger partial charge in [0, 0.05) is 11.1 Å². The van der Waals surface area contributed by atoms with Crippen molar-refractivity contribution in [2.24, 2.45) is 11.8 Å². The fourth-order valence-electron chi connectivity index (χ4n) is 5.33. The average molecular weight is 441 g/mol. The summed E-state index contributed by atoms with van der Waals surface area (Å²) in [5.41, 5.74) is -1.18. The molecular weight excluding hydrogens is 425 g/mol. The van der Waals surface area contributed by atoms with E-state index in [9.17, 15) is 23.6 Å². The van der Waals surface area contributed by atoms with E-state index in [0.717, 1.165) is 11.0 Å². The van der Waals surface area contributed by atoms with Crippen LogP contribution in [0.5, 0.6) is 0 Å². The van der Waals surface area contributed by atoms with Gasteiger partial charge < -0.3 is 4.74 Å². The van der Waals surface area contributed by atoms with Crippen molar-refractivity contribution in [3.05, 3.63) is 101 Å². The first-order chi connectivity index (χ1) is 15.9. The number of carbonyl (C=O) groups excluding carboxylic acids is 4. The number of imide groups is 1. The number of fused-ring (bicyclic) bond motifs is 3. The zero-order valence-electron chi connectivity index (χ0n) is 17.1. The number of benzene rings is 3. The lowest BCUT2D eigenvalue weighted by Crippen LogP contribution is -2.51. The summed E-state index contributed by atoms with van der Waals surface area (Å²) < 4.78 is 20.1. The highest BCUT2D eigenvalue weighted by molar-refractivity contribution is 6.37. The highest BCUT2D eigenvalue weighted by Crippen LogP contribution is 2.57. The molecule has 0 N–H and O–H groups in total. The number of ketones is 2. The summed E-state index contributed by atoms with van der Waals surface area (Å²) in [6, 6.07) is 20.1. The van der Waals surface area contributed by atoms with Gasteiger partial charge in [0.05, 0.1) is 23.6 Å². The molecule has 0 unspecified atom stereocenters. The third kappa shape index (κ3) is 2.45. The second kappa shape index (κ2) is 6.76. The molecule has 3 aliphatic rings. The molecule has 6 nitrogen and oxygen atoms in total. The van der Waals surface area contributed by atoms with Crippen LogP contribution in [0.25, 0.3) is 0 Å². The molecule has 3 aromatic carbocycles. The van der Waals surface area contributed by atoms with Crippen molar-refractivity contribution < 1.29 is 28.3 Å². The Morgan fingerprint density at radius 1 is 0.758 bits per heavy atom. The van der Waals surface area contributed by atoms with E-state index in [4.69, 9.17) is 4.74 Å². The van der Waals surface area contributed by atoms with Crippen LogP contribution in [-0.2, 0) is 14.3 Å². The van der Waals surface area contributed by atoms with Gasteiger partial charge in [-0.3, -0.25) is 19.2 Å². The Labute approximate surface area is 187 Å². The number of anilines is 1. The molecule has 6 rings (SSSR count). The summed E-state index contributed by atoms with van der Waals surface area (Å²) in [6.45, 7) is 0. The molecule has 3 aromatic rings. The number of halogens is 1. The monoisotopic (exact) mass is 441 g/mol. The van der Waals surface area contributed by atoms with E-state index in [0.29, 0.717) is 5.56 Å². The molecule has 2 heterocycles. The summed E-state index contributed by atoms with van der Waals surface area (Å²) in [7, 11) is 0. The van der Waals surface area contributed by atoms with Gasteiger partial charge in [0.15, 0.2) is 0 Å². The molecule has 2 saturated heterocycles. The Hall–Kier alpha value is -3.97. The molecule has 0 radical (unpaired) electrons. The van der Waals surface area contributed by atoms with Crippen molar-refractivity contribution in [1.82, 2.24) is 0 Å². The van der Waals surface area contributed by atoms with E-state index in [1.54, 1.807) is 42.5 Å². The molecule has 0 saturated carbocycles. The van der Waals surface area contributed by atoms with Crippen LogP contribution in [-0.4, -0.2) is 29.0 Å². The minimum Gasteiger partial charge on any atom is -0.349 e. The zero-order valence-corrected chi connectivity index (χ0v) is 17.1. The summed E-state index contributed by atoms with van der Waals surface area (Å²) in [5.74, 6) is -5.70. The Kier molecular flexibility index (Phi) is 4.04. The zero-order chi connectivity index (χ0) is 22.9. The summed E-state index contributed by atoms with van der Waals surface area (Å²) in [4.78, 5) is 55.4. The first-order valence-electron chi connectivity index (χ1n) is 10.5. The van der Waals surface area contributed by atoms with Gasteiger partial charge in [0.1, 0.15) is 5.82 Å². The minimum atomic E-state index is -2.14. The molecule has 2 aliphatic heterocycles. The highest BCUT2D eigenvalue weighted by atomic mass is 19.1. The van der Waals surface area contributed by atoms with Gasteiger partial charge in [-0.2, -0.15) is 0 Å². The fourth-order valence-corrected chi connectivity index (χ4v) is 5.33. The molecule has 2 fully saturated rings. The molecule has 2 amide bonds. The first-order valence-corrected chi connectivity index (χ1v) is 10.5. The van der Waals surface area contributed by atoms with E-state index in [1.165, 1.54) is 30.3 Å². The Morgan fingerprint density at radius 2 is 1.39 bits per heavy atom. The van der Waals surface area contributed by atoms with Crippen LogP contribution >= 0.6 is 0 Å². The van der Waals surface area contributed by atoms with Crippen molar-refractivity contribution in [1.29, 1.82) is 0 Å². The Bertz CT molecular complexity index is 1330. The summed E-state index contributed by atoms with van der Waals surface area (Å²) in [6.07, 6.45) is -0.992. The Morgan fingerprint density at radius 3 is 2.03 bits per heavy atom. The number of rotatable bonds is 2. The number of amides is 2. The number of nitrogens with zero attached hydrogens (tertiary/aromatic N) is 1. The highest BCUT2D eigenvalue weighted by Gasteiger charge is 2.74. The maximum atomic E-state index is 13.9. The molecule has 1 aliphatic carbocycles. The number of hydrogen-bond donors (Lipinski definition) is 0. The lowest BCUT2D eigenvalue weighted by atomic mass is 9.77. The van der Waals surface area contributed by atoms with Gasteiger partial charge in [-0.1, -0.05) is 60.7 Å². The normalized spacial score (nSPS) is 25.1. The lowest BCUT2D eigenvalue weighted by Gasteiger charge is -2.27. The van der Waals surface area contributed by atoms with Gasteiger partial charge >= 0.3 is 0 Å². The maximum absolute atomic E-state index is 13.9. The van der Waals surface area contributed by atoms with E-state index >= 15 is 0 Å². The molecule has 162 valence electrons. The fraction of sp³-hybridized carbons (Fsp3) is 0.154. The van der Waals surface area contributed by atoms with Crippen LogP contribution < -0.4 is 4.90 Å². The van der Waals surface area contributed by atoms with Crippen LogP contribution in [0.3, 0.4) is 0 Å². The number of ether oxygens (including phenoxy) is 1. The molecule has 3 atom stereocenters. The number of hydrogen-bond acceptors (Lipinski definition) is 5. The van der Waals surface area contributed by atoms with E-state index < -0.39 is 52.7 Å². The molecule has 7 heteroatoms. The van der Waals surface area contributed by atoms with Crippen molar-refractivity contribution in [3.8, 4) is 0 Å². The van der Waals surface area contributed by atoms with Gasteiger partial charge in [0.2, 0.25) is 29.0 Å². The van der Waals surface area contributed by atoms with Crippen molar-refractivity contribution in [2.45, 2.75) is 11.7 Å². The SMILES string of the molecule is O=C1[C@@H]2[C@@H](c3ccccc3)OC3(C(=O)c4ccccc4C3=O)[C@H]2C(=O)N1c1cccc(F)c1. The molecule has 0 aromatic heterocycles. The minimum absolute atomic E-state index is 0.0526. The second-order valence-corrected chi connectivity index (χ2v) is 8.38. The Balaban J connectivity index is 1.56. The number of carbonyl (C=O) groups is 4. The van der Waals surface area contributed by atoms with Crippen LogP contribution in [0.2, 0.25) is 0 Å². The topological polar surface area (TPSA) is 80.8 Å². The quantitative estimate of drug-likeness (QED) is 0.449. The molecule has 1 spiro atoms. The average Bonchev–Trinajstić information content (AvgIpc) is 3.40. The molecule has 33 heavy (non-hydrogen) atoms. The van der Waals surface area contributed by atoms with Gasteiger partial charge in [-0.15, -0.1) is 0 Å². The maximum Gasteiger partial charge on any atom is 0.241 e. The predicted molar refractivity (Wildman–Crippen MR) is 114 cm³/mol. The second-order valence-electron chi connectivity index (χ2n) is 8.38. The van der Waals surface area contributed by atoms with E-state index in [2.05, 4.69) is 0 Å². The number of Topliss-reactive ketones (excluding diaryl/α,β-unsaturated/α-hetero) is 2. The van der Waals surface area contributed by atoms with Crippen LogP contribution in [0.15, 0.2) is 78.9 Å². The molecular formula is C26H16FNO5. The van der Waals surface area contributed by atoms with Crippen LogP contribution in [0, 0.1) is 17.7 Å². The van der Waals surface area contributed by atoms with Crippen LogP contribution in [0.1, 0.15) is 32.4 Å². The molecule has 0 bridgehead atoms. The van der Waals surface area contributed by atoms with Crippen LogP contribution in [0.4, 0.5) is 10.1 Å². The predicted octanol–water partition coefficient (Wildman–Crippen LogP) is 3.52. The largest absolute Gasteiger partial charge is 0.349 e. The van der Waals surface area contributed by atoms with Gasteiger partial charge in [-0.05, 0) is 23.8 Å². The van der Waals surface area contributed by atoms with Gasteiger partial charge in [-0.25, -0.2) is 9.29 Å². The standard InChI is InChI=1S/C26H16FNO5/c27-15-9-6-10-16(13-15)28-24(31)19-20(25(28)32)26(33-21(19)14-7-2-1-3-8-14)22(29)17-11-4-5-12-18(17)23(26)30/h1-13,19-21H/t19-,20+,21+/m0/s1.